The predicted octanol–water partition coefficient (Wildman–Crippen LogP) is 4.32. The third kappa shape index (κ3) is 4.39. The molecule has 1 aliphatic carbocycles. The number of amides is 1. The number of rotatable bonds is 6. The molecule has 4 rings (SSSR count). The molecule has 1 saturated carbocycles. The number of carbonyl (C=O) groups excluding carboxylic acids is 1. The minimum atomic E-state index is -0.201. The molecular formula is C20H25N5O3S. The van der Waals surface area contributed by atoms with E-state index in [0.29, 0.717) is 24.2 Å². The molecule has 1 aliphatic rings. The molecule has 0 aliphatic heterocycles. The Morgan fingerprint density at radius 3 is 2.72 bits per heavy atom. The maximum absolute atomic E-state index is 12.3. The van der Waals surface area contributed by atoms with Gasteiger partial charge in [0.05, 0.1) is 16.9 Å². The Labute approximate surface area is 173 Å². The first kappa shape index (κ1) is 19.8. The van der Waals surface area contributed by atoms with Gasteiger partial charge >= 0.3 is 0 Å². The normalized spacial score (nSPS) is 19.6. The van der Waals surface area contributed by atoms with Crippen LogP contribution in [-0.2, 0) is 0 Å². The zero-order valence-corrected chi connectivity index (χ0v) is 17.7. The van der Waals surface area contributed by atoms with E-state index in [4.69, 9.17) is 8.94 Å². The van der Waals surface area contributed by atoms with Crippen LogP contribution in [-0.4, -0.2) is 32.8 Å². The first-order valence-electron chi connectivity index (χ1n) is 10.00. The lowest BCUT2D eigenvalue weighted by atomic mass is 9.82. The summed E-state index contributed by atoms with van der Waals surface area (Å²) in [7, 11) is 0. The smallest absolute Gasteiger partial charge is 0.289 e. The summed E-state index contributed by atoms with van der Waals surface area (Å²) in [6.07, 6.45) is 3.97. The van der Waals surface area contributed by atoms with Crippen molar-refractivity contribution in [3.8, 4) is 10.8 Å². The highest BCUT2D eigenvalue weighted by Gasteiger charge is 2.27. The fourth-order valence-corrected chi connectivity index (χ4v) is 4.33. The van der Waals surface area contributed by atoms with Crippen LogP contribution >= 0.6 is 11.3 Å². The lowest BCUT2D eigenvalue weighted by Gasteiger charge is -2.26. The van der Waals surface area contributed by atoms with Crippen LogP contribution in [0.4, 0.5) is 0 Å². The fraction of sp³-hybridized carbons (Fsp3) is 0.550. The van der Waals surface area contributed by atoms with Gasteiger partial charge < -0.3 is 14.3 Å². The lowest BCUT2D eigenvalue weighted by molar-refractivity contribution is 0.0905. The molecule has 1 N–H and O–H groups in total. The summed E-state index contributed by atoms with van der Waals surface area (Å²) in [5.41, 5.74) is 3.50. The van der Waals surface area contributed by atoms with Gasteiger partial charge in [-0.2, -0.15) is 0 Å². The molecule has 9 heteroatoms. The van der Waals surface area contributed by atoms with Gasteiger partial charge in [0, 0.05) is 18.5 Å². The first-order chi connectivity index (χ1) is 14.0. The molecule has 0 atom stereocenters. The Bertz CT molecular complexity index is 968. The molecule has 3 aromatic rings. The summed E-state index contributed by atoms with van der Waals surface area (Å²) >= 11 is 1.51. The van der Waals surface area contributed by atoms with Gasteiger partial charge in [0.15, 0.2) is 0 Å². The Hall–Kier alpha value is -2.55. The van der Waals surface area contributed by atoms with E-state index in [1.165, 1.54) is 11.3 Å². The second kappa shape index (κ2) is 8.44. The van der Waals surface area contributed by atoms with Gasteiger partial charge in [-0.05, 0) is 44.4 Å². The van der Waals surface area contributed by atoms with Crippen LogP contribution in [0.15, 0.2) is 20.5 Å². The Balaban J connectivity index is 1.27. The second-order valence-electron chi connectivity index (χ2n) is 7.91. The van der Waals surface area contributed by atoms with Crippen LogP contribution in [0.5, 0.6) is 0 Å². The fourth-order valence-electron chi connectivity index (χ4n) is 3.60. The van der Waals surface area contributed by atoms with Crippen molar-refractivity contribution in [1.29, 1.82) is 0 Å². The topological polar surface area (TPSA) is 107 Å². The average molecular weight is 416 g/mol. The molecule has 0 bridgehead atoms. The van der Waals surface area contributed by atoms with Gasteiger partial charge in [-0.15, -0.1) is 21.5 Å². The van der Waals surface area contributed by atoms with E-state index >= 15 is 0 Å². The average Bonchev–Trinajstić information content (AvgIpc) is 3.46. The molecular weight excluding hydrogens is 390 g/mol. The standard InChI is InChI=1S/C20H25N5O3S/c1-11(2)15-8-16(28-25-15)18(26)21-9-13-4-6-14(7-5-13)19-23-24-20(27-19)17-12(3)22-10-29-17/h8,10-11,13-14H,4-7,9H2,1-3H3,(H,21,26). The molecule has 154 valence electrons. The molecule has 0 spiro atoms. The van der Waals surface area contributed by atoms with Crippen LogP contribution in [0, 0.1) is 12.8 Å². The molecule has 29 heavy (non-hydrogen) atoms. The minimum absolute atomic E-state index is 0.201. The molecule has 0 saturated heterocycles. The molecule has 0 aromatic carbocycles. The number of aryl methyl sites for hydroxylation is 1. The van der Waals surface area contributed by atoms with E-state index in [1.807, 2.05) is 20.8 Å². The zero-order chi connectivity index (χ0) is 20.4. The SMILES string of the molecule is Cc1ncsc1-c1nnc(C2CCC(CNC(=O)c3cc(C(C)C)no3)CC2)o1. The van der Waals surface area contributed by atoms with Crippen molar-refractivity contribution < 1.29 is 13.7 Å². The second-order valence-corrected chi connectivity index (χ2v) is 8.77. The van der Waals surface area contributed by atoms with Crippen LogP contribution in [0.2, 0.25) is 0 Å². The summed E-state index contributed by atoms with van der Waals surface area (Å²) in [5.74, 6) is 2.29. The van der Waals surface area contributed by atoms with Gasteiger partial charge in [0.25, 0.3) is 11.8 Å². The summed E-state index contributed by atoms with van der Waals surface area (Å²) in [6, 6.07) is 1.72. The molecule has 0 radical (unpaired) electrons. The quantitative estimate of drug-likeness (QED) is 0.639. The minimum Gasteiger partial charge on any atom is -0.420 e. The van der Waals surface area contributed by atoms with Gasteiger partial charge in [0.1, 0.15) is 4.88 Å². The van der Waals surface area contributed by atoms with Crippen LogP contribution in [0.3, 0.4) is 0 Å². The summed E-state index contributed by atoms with van der Waals surface area (Å²) < 4.78 is 11.1. The van der Waals surface area contributed by atoms with Crippen molar-refractivity contribution in [3.63, 3.8) is 0 Å². The zero-order valence-electron chi connectivity index (χ0n) is 16.8. The van der Waals surface area contributed by atoms with E-state index in [9.17, 15) is 4.79 Å². The van der Waals surface area contributed by atoms with Crippen molar-refractivity contribution in [2.24, 2.45) is 5.92 Å². The number of aromatic nitrogens is 4. The Morgan fingerprint density at radius 2 is 2.07 bits per heavy atom. The number of carbonyl (C=O) groups is 1. The third-order valence-electron chi connectivity index (χ3n) is 5.47. The lowest BCUT2D eigenvalue weighted by Crippen LogP contribution is -2.30. The molecule has 0 unspecified atom stereocenters. The first-order valence-corrected chi connectivity index (χ1v) is 10.9. The molecule has 1 fully saturated rings. The van der Waals surface area contributed by atoms with E-state index in [0.717, 1.165) is 41.9 Å². The Kier molecular flexibility index (Phi) is 5.75. The van der Waals surface area contributed by atoms with Crippen molar-refractivity contribution in [2.75, 3.05) is 6.54 Å². The summed E-state index contributed by atoms with van der Waals surface area (Å²) in [5, 5.41) is 15.4. The largest absolute Gasteiger partial charge is 0.420 e. The van der Waals surface area contributed by atoms with Crippen molar-refractivity contribution in [1.82, 2.24) is 25.7 Å². The number of hydrogen-bond donors (Lipinski definition) is 1. The van der Waals surface area contributed by atoms with Crippen LogP contribution in [0.25, 0.3) is 10.8 Å². The number of nitrogens with zero attached hydrogens (tertiary/aromatic N) is 4. The maximum Gasteiger partial charge on any atom is 0.289 e. The van der Waals surface area contributed by atoms with Gasteiger partial charge in [-0.1, -0.05) is 19.0 Å². The highest BCUT2D eigenvalue weighted by atomic mass is 32.1. The number of nitrogens with one attached hydrogen (secondary N) is 1. The maximum atomic E-state index is 12.3. The van der Waals surface area contributed by atoms with Crippen LogP contribution < -0.4 is 5.32 Å². The van der Waals surface area contributed by atoms with E-state index in [2.05, 4.69) is 25.7 Å². The van der Waals surface area contributed by atoms with Crippen molar-refractivity contribution in [2.45, 2.75) is 58.3 Å². The van der Waals surface area contributed by atoms with E-state index in [1.54, 1.807) is 11.6 Å². The van der Waals surface area contributed by atoms with E-state index < -0.39 is 0 Å². The number of thiazole rings is 1. The van der Waals surface area contributed by atoms with Gasteiger partial charge in [0.2, 0.25) is 11.7 Å². The highest BCUT2D eigenvalue weighted by molar-refractivity contribution is 7.13. The molecule has 3 heterocycles. The van der Waals surface area contributed by atoms with Crippen molar-refractivity contribution in [3.05, 3.63) is 34.6 Å². The molecule has 8 nitrogen and oxygen atoms in total. The molecule has 1 amide bonds. The van der Waals surface area contributed by atoms with Crippen LogP contribution in [0.1, 0.15) is 79.2 Å². The predicted molar refractivity (Wildman–Crippen MR) is 108 cm³/mol. The Morgan fingerprint density at radius 1 is 1.28 bits per heavy atom. The monoisotopic (exact) mass is 415 g/mol. The van der Waals surface area contributed by atoms with Gasteiger partial charge in [-0.25, -0.2) is 4.98 Å². The summed E-state index contributed by atoms with van der Waals surface area (Å²) in [4.78, 5) is 17.4. The highest BCUT2D eigenvalue weighted by Crippen LogP contribution is 2.36. The number of hydrogen-bond acceptors (Lipinski definition) is 8. The van der Waals surface area contributed by atoms with Gasteiger partial charge in [-0.3, -0.25) is 4.79 Å². The molecule has 3 aromatic heterocycles. The van der Waals surface area contributed by atoms with E-state index in [-0.39, 0.29) is 23.5 Å². The van der Waals surface area contributed by atoms with Crippen molar-refractivity contribution >= 4 is 17.2 Å². The third-order valence-corrected chi connectivity index (χ3v) is 6.39. The summed E-state index contributed by atoms with van der Waals surface area (Å²) in [6.45, 7) is 6.61.